The van der Waals surface area contributed by atoms with Gasteiger partial charge in [0.15, 0.2) is 0 Å². The molecule has 0 spiro atoms. The van der Waals surface area contributed by atoms with Crippen LogP contribution in [0.1, 0.15) is 18.1 Å². The number of thioether (sulfide) groups is 1. The summed E-state index contributed by atoms with van der Waals surface area (Å²) in [4.78, 5) is 49.6. The molecule has 4 amide bonds. The first kappa shape index (κ1) is 20.4. The number of hydrogen-bond donors (Lipinski definition) is 3. The van der Waals surface area contributed by atoms with Gasteiger partial charge in [-0.25, -0.2) is 4.79 Å². The van der Waals surface area contributed by atoms with E-state index in [-0.39, 0.29) is 12.3 Å². The zero-order valence-electron chi connectivity index (χ0n) is 15.5. The Balaban J connectivity index is 1.71. The van der Waals surface area contributed by atoms with Gasteiger partial charge >= 0.3 is 12.0 Å². The van der Waals surface area contributed by atoms with Crippen LogP contribution in [0, 0.1) is 0 Å². The number of urea groups is 1. The molecule has 9 heteroatoms. The summed E-state index contributed by atoms with van der Waals surface area (Å²) in [6.07, 6.45) is -1.54. The Hall–Kier alpha value is -3.33. The van der Waals surface area contributed by atoms with Crippen molar-refractivity contribution >= 4 is 41.3 Å². The molecule has 0 saturated carbocycles. The van der Waals surface area contributed by atoms with Crippen LogP contribution in [-0.2, 0) is 19.1 Å². The molecule has 3 rings (SSSR count). The fourth-order valence-corrected chi connectivity index (χ4v) is 3.79. The minimum atomic E-state index is -1.31. The highest BCUT2D eigenvalue weighted by Crippen LogP contribution is 2.37. The molecular formula is C20H19N3O5S. The number of para-hydroxylation sites is 1. The molecule has 2 atom stereocenters. The molecular weight excluding hydrogens is 394 g/mol. The van der Waals surface area contributed by atoms with Crippen molar-refractivity contribution in [3.63, 3.8) is 0 Å². The first-order valence-corrected chi connectivity index (χ1v) is 9.69. The molecule has 2 aromatic rings. The molecule has 0 saturated heterocycles. The maximum atomic E-state index is 12.5. The number of fused-ring (bicyclic) bond motifs is 1. The van der Waals surface area contributed by atoms with Crippen LogP contribution in [0.4, 0.5) is 10.5 Å². The fraction of sp³-hybridized carbons (Fsp3) is 0.200. The van der Waals surface area contributed by atoms with Gasteiger partial charge in [-0.05, 0) is 12.1 Å². The van der Waals surface area contributed by atoms with E-state index in [4.69, 9.17) is 4.74 Å². The van der Waals surface area contributed by atoms with E-state index in [1.807, 2.05) is 18.2 Å². The lowest BCUT2D eigenvalue weighted by molar-refractivity contribution is -0.156. The van der Waals surface area contributed by atoms with Crippen molar-refractivity contribution in [3.05, 3.63) is 60.2 Å². The topological polar surface area (TPSA) is 114 Å². The third-order valence-corrected chi connectivity index (χ3v) is 5.39. The maximum absolute atomic E-state index is 12.5. The molecule has 2 aromatic carbocycles. The maximum Gasteiger partial charge on any atom is 0.321 e. The molecule has 0 bridgehead atoms. The predicted octanol–water partition coefficient (Wildman–Crippen LogP) is 2.23. The standard InChI is InChI=1S/C20H19N3O5S/c1-21-20(27)23-19(26)17(12-7-3-2-4-8-12)28-16(24)11-15-18(25)22-13-9-5-6-10-14(13)29-15/h2-10,15,17H,11H2,1H3,(H,22,25)(H2,21,23,26,27)/t15-,17-/m1/s1. The Morgan fingerprint density at radius 2 is 1.79 bits per heavy atom. The average molecular weight is 413 g/mol. The lowest BCUT2D eigenvalue weighted by Gasteiger charge is -2.24. The molecule has 3 N–H and O–H groups in total. The molecule has 1 heterocycles. The summed E-state index contributed by atoms with van der Waals surface area (Å²) in [5.41, 5.74) is 1.10. The Morgan fingerprint density at radius 1 is 1.10 bits per heavy atom. The number of esters is 1. The second-order valence-corrected chi connectivity index (χ2v) is 7.39. The summed E-state index contributed by atoms with van der Waals surface area (Å²) in [6.45, 7) is 0. The van der Waals surface area contributed by atoms with Crippen LogP contribution in [-0.4, -0.2) is 36.1 Å². The first-order valence-electron chi connectivity index (χ1n) is 8.81. The summed E-state index contributed by atoms with van der Waals surface area (Å²) < 4.78 is 5.36. The minimum Gasteiger partial charge on any atom is -0.447 e. The van der Waals surface area contributed by atoms with E-state index in [9.17, 15) is 19.2 Å². The van der Waals surface area contributed by atoms with E-state index in [0.29, 0.717) is 11.3 Å². The molecule has 0 unspecified atom stereocenters. The van der Waals surface area contributed by atoms with Gasteiger partial charge in [-0.1, -0.05) is 42.5 Å². The summed E-state index contributed by atoms with van der Waals surface area (Å²) in [5.74, 6) is -1.82. The summed E-state index contributed by atoms with van der Waals surface area (Å²) in [5, 5.41) is 6.45. The minimum absolute atomic E-state index is 0.221. The van der Waals surface area contributed by atoms with E-state index in [1.54, 1.807) is 36.4 Å². The lowest BCUT2D eigenvalue weighted by Crippen LogP contribution is -2.41. The summed E-state index contributed by atoms with van der Waals surface area (Å²) in [7, 11) is 1.36. The number of carbonyl (C=O) groups excluding carboxylic acids is 4. The number of nitrogens with one attached hydrogen (secondary N) is 3. The molecule has 1 aliphatic heterocycles. The number of ether oxygens (including phenoxy) is 1. The number of imide groups is 1. The largest absolute Gasteiger partial charge is 0.447 e. The molecule has 29 heavy (non-hydrogen) atoms. The third kappa shape index (κ3) is 5.14. The summed E-state index contributed by atoms with van der Waals surface area (Å²) >= 11 is 1.26. The van der Waals surface area contributed by atoms with E-state index >= 15 is 0 Å². The fourth-order valence-electron chi connectivity index (χ4n) is 2.70. The molecule has 0 aromatic heterocycles. The van der Waals surface area contributed by atoms with Crippen LogP contribution in [0.15, 0.2) is 59.5 Å². The van der Waals surface area contributed by atoms with Gasteiger partial charge in [0.05, 0.1) is 17.4 Å². The van der Waals surface area contributed by atoms with Gasteiger partial charge in [0.1, 0.15) is 0 Å². The van der Waals surface area contributed by atoms with Crippen molar-refractivity contribution in [2.24, 2.45) is 0 Å². The smallest absolute Gasteiger partial charge is 0.321 e. The van der Waals surface area contributed by atoms with Crippen LogP contribution in [0.5, 0.6) is 0 Å². The highest BCUT2D eigenvalue weighted by atomic mass is 32.2. The Morgan fingerprint density at radius 3 is 2.52 bits per heavy atom. The van der Waals surface area contributed by atoms with E-state index in [1.165, 1.54) is 18.8 Å². The van der Waals surface area contributed by atoms with Crippen LogP contribution >= 0.6 is 11.8 Å². The molecule has 0 fully saturated rings. The van der Waals surface area contributed by atoms with Crippen LogP contribution in [0.25, 0.3) is 0 Å². The highest BCUT2D eigenvalue weighted by Gasteiger charge is 2.32. The van der Waals surface area contributed by atoms with E-state index in [0.717, 1.165) is 4.90 Å². The van der Waals surface area contributed by atoms with Crippen molar-refractivity contribution in [3.8, 4) is 0 Å². The lowest BCUT2D eigenvalue weighted by atomic mass is 10.1. The zero-order chi connectivity index (χ0) is 20.8. The predicted molar refractivity (Wildman–Crippen MR) is 107 cm³/mol. The highest BCUT2D eigenvalue weighted by molar-refractivity contribution is 8.01. The third-order valence-electron chi connectivity index (χ3n) is 4.11. The van der Waals surface area contributed by atoms with Crippen LogP contribution in [0.3, 0.4) is 0 Å². The Bertz CT molecular complexity index is 935. The van der Waals surface area contributed by atoms with Gasteiger partial charge in [-0.3, -0.25) is 19.7 Å². The molecule has 8 nitrogen and oxygen atoms in total. The molecule has 1 aliphatic rings. The van der Waals surface area contributed by atoms with Crippen molar-refractivity contribution in [2.45, 2.75) is 22.7 Å². The van der Waals surface area contributed by atoms with Crippen molar-refractivity contribution in [1.29, 1.82) is 0 Å². The van der Waals surface area contributed by atoms with E-state index in [2.05, 4.69) is 16.0 Å². The normalized spacial score (nSPS) is 16.0. The number of anilines is 1. The van der Waals surface area contributed by atoms with Gasteiger partial charge in [0.25, 0.3) is 5.91 Å². The number of amides is 4. The quantitative estimate of drug-likeness (QED) is 0.648. The number of benzene rings is 2. The van der Waals surface area contributed by atoms with Crippen molar-refractivity contribution in [1.82, 2.24) is 10.6 Å². The SMILES string of the molecule is CNC(=O)NC(=O)[C@H](OC(=O)C[C@H]1Sc2ccccc2NC1=O)c1ccccc1. The molecule has 150 valence electrons. The Labute approximate surface area is 171 Å². The van der Waals surface area contributed by atoms with Gasteiger partial charge in [0, 0.05) is 17.5 Å². The van der Waals surface area contributed by atoms with Crippen LogP contribution in [0.2, 0.25) is 0 Å². The van der Waals surface area contributed by atoms with Crippen molar-refractivity contribution in [2.75, 3.05) is 12.4 Å². The van der Waals surface area contributed by atoms with Crippen LogP contribution < -0.4 is 16.0 Å². The van der Waals surface area contributed by atoms with Gasteiger partial charge < -0.3 is 15.4 Å². The zero-order valence-corrected chi connectivity index (χ0v) is 16.3. The number of hydrogen-bond acceptors (Lipinski definition) is 6. The first-order chi connectivity index (χ1) is 14.0. The number of rotatable bonds is 5. The monoisotopic (exact) mass is 413 g/mol. The number of carbonyl (C=O) groups is 4. The second-order valence-electron chi connectivity index (χ2n) is 6.14. The second kappa shape index (κ2) is 9.24. The van der Waals surface area contributed by atoms with Gasteiger partial charge in [0.2, 0.25) is 12.0 Å². The summed E-state index contributed by atoms with van der Waals surface area (Å²) in [6, 6.07) is 14.9. The van der Waals surface area contributed by atoms with Gasteiger partial charge in [-0.2, -0.15) is 0 Å². The van der Waals surface area contributed by atoms with E-state index < -0.39 is 29.3 Å². The Kier molecular flexibility index (Phi) is 6.50. The molecule has 0 radical (unpaired) electrons. The molecule has 0 aliphatic carbocycles. The van der Waals surface area contributed by atoms with Gasteiger partial charge in [-0.15, -0.1) is 11.8 Å². The van der Waals surface area contributed by atoms with Crippen molar-refractivity contribution < 1.29 is 23.9 Å². The average Bonchev–Trinajstić information content (AvgIpc) is 2.73.